The lowest BCUT2D eigenvalue weighted by atomic mass is 10.0. The van der Waals surface area contributed by atoms with Crippen LogP contribution in [0.15, 0.2) is 0 Å². The van der Waals surface area contributed by atoms with Crippen LogP contribution < -0.4 is 5.32 Å². The molecule has 1 nitrogen and oxygen atoms in total. The van der Waals surface area contributed by atoms with Gasteiger partial charge in [0.25, 0.3) is 5.92 Å². The molecule has 0 amide bonds. The standard InChI is InChI=1S/C6H10F5N/c1-5(7,8)4(3-12-2)6(9,10)11/h4,12H,3H2,1-2H3. The van der Waals surface area contributed by atoms with E-state index in [4.69, 9.17) is 0 Å². The summed E-state index contributed by atoms with van der Waals surface area (Å²) in [6, 6.07) is 0. The van der Waals surface area contributed by atoms with Gasteiger partial charge in [0.05, 0.1) is 0 Å². The number of halogens is 5. The molecule has 1 N–H and O–H groups in total. The van der Waals surface area contributed by atoms with Gasteiger partial charge in [0.2, 0.25) is 0 Å². The van der Waals surface area contributed by atoms with Gasteiger partial charge in [-0.1, -0.05) is 0 Å². The Balaban J connectivity index is 4.45. The Bertz CT molecular complexity index is 122. The molecule has 0 saturated heterocycles. The van der Waals surface area contributed by atoms with Crippen molar-refractivity contribution in [2.24, 2.45) is 5.92 Å². The summed E-state index contributed by atoms with van der Waals surface area (Å²) >= 11 is 0. The van der Waals surface area contributed by atoms with E-state index in [1.807, 2.05) is 0 Å². The number of hydrogen-bond donors (Lipinski definition) is 1. The van der Waals surface area contributed by atoms with Crippen LogP contribution in [0.3, 0.4) is 0 Å². The monoisotopic (exact) mass is 191 g/mol. The molecule has 0 fully saturated rings. The van der Waals surface area contributed by atoms with Crippen molar-refractivity contribution in [3.05, 3.63) is 0 Å². The molecule has 0 bridgehead atoms. The average Bonchev–Trinajstić information content (AvgIpc) is 1.77. The molecule has 0 heterocycles. The van der Waals surface area contributed by atoms with E-state index in [-0.39, 0.29) is 6.92 Å². The summed E-state index contributed by atoms with van der Waals surface area (Å²) in [5.74, 6) is -6.35. The predicted molar refractivity (Wildman–Crippen MR) is 34.1 cm³/mol. The lowest BCUT2D eigenvalue weighted by Gasteiger charge is -2.25. The van der Waals surface area contributed by atoms with Gasteiger partial charge in [-0.25, -0.2) is 8.78 Å². The van der Waals surface area contributed by atoms with Crippen LogP contribution in [0.1, 0.15) is 6.92 Å². The van der Waals surface area contributed by atoms with E-state index >= 15 is 0 Å². The molecule has 0 rings (SSSR count). The van der Waals surface area contributed by atoms with Crippen LogP contribution in [0.4, 0.5) is 22.0 Å². The first kappa shape index (κ1) is 11.6. The zero-order chi connectivity index (χ0) is 9.99. The van der Waals surface area contributed by atoms with Gasteiger partial charge in [-0.05, 0) is 7.05 Å². The third-order valence-electron chi connectivity index (χ3n) is 1.42. The summed E-state index contributed by atoms with van der Waals surface area (Å²) in [5, 5.41) is 2.08. The highest BCUT2D eigenvalue weighted by molar-refractivity contribution is 4.80. The molecule has 0 spiro atoms. The first-order valence-corrected chi connectivity index (χ1v) is 3.28. The van der Waals surface area contributed by atoms with Crippen molar-refractivity contribution >= 4 is 0 Å². The summed E-state index contributed by atoms with van der Waals surface area (Å²) < 4.78 is 60.3. The maximum atomic E-state index is 12.3. The van der Waals surface area contributed by atoms with Crippen LogP contribution in [0.2, 0.25) is 0 Å². The van der Waals surface area contributed by atoms with Crippen molar-refractivity contribution in [2.45, 2.75) is 19.0 Å². The van der Waals surface area contributed by atoms with Crippen LogP contribution in [0.5, 0.6) is 0 Å². The molecule has 6 heteroatoms. The molecule has 1 unspecified atom stereocenters. The molecular formula is C6H10F5N. The zero-order valence-corrected chi connectivity index (χ0v) is 6.67. The van der Waals surface area contributed by atoms with Gasteiger partial charge in [0, 0.05) is 13.5 Å². The molecule has 0 radical (unpaired) electrons. The molecule has 0 saturated carbocycles. The van der Waals surface area contributed by atoms with Crippen molar-refractivity contribution in [1.29, 1.82) is 0 Å². The van der Waals surface area contributed by atoms with Gasteiger partial charge in [0.15, 0.2) is 0 Å². The Kier molecular flexibility index (Phi) is 3.44. The molecule has 12 heavy (non-hydrogen) atoms. The van der Waals surface area contributed by atoms with Crippen molar-refractivity contribution in [3.63, 3.8) is 0 Å². The fraction of sp³-hybridized carbons (Fsp3) is 1.00. The van der Waals surface area contributed by atoms with Gasteiger partial charge in [-0.2, -0.15) is 13.2 Å². The molecule has 0 aliphatic carbocycles. The van der Waals surface area contributed by atoms with Crippen LogP contribution in [-0.4, -0.2) is 25.7 Å². The highest BCUT2D eigenvalue weighted by Crippen LogP contribution is 2.37. The lowest BCUT2D eigenvalue weighted by Crippen LogP contribution is -2.43. The minimum atomic E-state index is -4.86. The lowest BCUT2D eigenvalue weighted by molar-refractivity contribution is -0.232. The van der Waals surface area contributed by atoms with Crippen molar-refractivity contribution in [3.8, 4) is 0 Å². The molecule has 0 aromatic rings. The highest BCUT2D eigenvalue weighted by Gasteiger charge is 2.52. The summed E-state index contributed by atoms with van der Waals surface area (Å²) in [6.07, 6.45) is -4.86. The van der Waals surface area contributed by atoms with E-state index < -0.39 is 24.6 Å². The third-order valence-corrected chi connectivity index (χ3v) is 1.42. The van der Waals surface area contributed by atoms with E-state index in [9.17, 15) is 22.0 Å². The number of rotatable bonds is 3. The van der Waals surface area contributed by atoms with Gasteiger partial charge in [-0.3, -0.25) is 0 Å². The zero-order valence-electron chi connectivity index (χ0n) is 6.67. The molecule has 0 aliphatic rings. The maximum Gasteiger partial charge on any atom is 0.398 e. The molecule has 0 aromatic carbocycles. The molecular weight excluding hydrogens is 181 g/mol. The number of alkyl halides is 5. The van der Waals surface area contributed by atoms with E-state index in [1.165, 1.54) is 7.05 Å². The van der Waals surface area contributed by atoms with Crippen LogP contribution in [0.25, 0.3) is 0 Å². The fourth-order valence-corrected chi connectivity index (χ4v) is 0.786. The second-order valence-corrected chi connectivity index (χ2v) is 2.61. The maximum absolute atomic E-state index is 12.3. The van der Waals surface area contributed by atoms with Crippen molar-refractivity contribution in [1.82, 2.24) is 5.32 Å². The minimum Gasteiger partial charge on any atom is -0.319 e. The molecule has 0 aliphatic heterocycles. The van der Waals surface area contributed by atoms with E-state index in [2.05, 4.69) is 5.32 Å². The van der Waals surface area contributed by atoms with Crippen molar-refractivity contribution in [2.75, 3.05) is 13.6 Å². The summed E-state index contributed by atoms with van der Waals surface area (Å²) in [6.45, 7) is -0.504. The second-order valence-electron chi connectivity index (χ2n) is 2.61. The van der Waals surface area contributed by atoms with Crippen LogP contribution >= 0.6 is 0 Å². The summed E-state index contributed by atoms with van der Waals surface area (Å²) in [7, 11) is 1.20. The van der Waals surface area contributed by atoms with Crippen LogP contribution in [0, 0.1) is 5.92 Å². The smallest absolute Gasteiger partial charge is 0.319 e. The highest BCUT2D eigenvalue weighted by atomic mass is 19.4. The first-order valence-electron chi connectivity index (χ1n) is 3.28. The number of hydrogen-bond acceptors (Lipinski definition) is 1. The van der Waals surface area contributed by atoms with E-state index in [1.54, 1.807) is 0 Å². The Labute approximate surface area is 66.9 Å². The van der Waals surface area contributed by atoms with Gasteiger partial charge >= 0.3 is 6.18 Å². The molecule has 1 atom stereocenters. The normalized spacial score (nSPS) is 16.2. The van der Waals surface area contributed by atoms with Gasteiger partial charge in [0.1, 0.15) is 5.92 Å². The van der Waals surface area contributed by atoms with Gasteiger partial charge in [-0.15, -0.1) is 0 Å². The fourth-order valence-electron chi connectivity index (χ4n) is 0.786. The topological polar surface area (TPSA) is 12.0 Å². The van der Waals surface area contributed by atoms with E-state index in [0.717, 1.165) is 0 Å². The summed E-state index contributed by atoms with van der Waals surface area (Å²) in [4.78, 5) is 0. The Morgan fingerprint density at radius 1 is 1.17 bits per heavy atom. The van der Waals surface area contributed by atoms with Crippen LogP contribution in [-0.2, 0) is 0 Å². The molecule has 74 valence electrons. The van der Waals surface area contributed by atoms with E-state index in [0.29, 0.717) is 0 Å². The predicted octanol–water partition coefficient (Wildman–Crippen LogP) is 2.04. The largest absolute Gasteiger partial charge is 0.398 e. The quantitative estimate of drug-likeness (QED) is 0.673. The Morgan fingerprint density at radius 3 is 1.67 bits per heavy atom. The summed E-state index contributed by atoms with van der Waals surface area (Å²) in [5.41, 5.74) is 0. The first-order chi connectivity index (χ1) is 5.19. The van der Waals surface area contributed by atoms with Crippen molar-refractivity contribution < 1.29 is 22.0 Å². The SMILES string of the molecule is CNCC(C(C)(F)F)C(F)(F)F. The second kappa shape index (κ2) is 3.55. The third kappa shape index (κ3) is 3.34. The average molecular weight is 191 g/mol. The van der Waals surface area contributed by atoms with Gasteiger partial charge < -0.3 is 5.32 Å². The Morgan fingerprint density at radius 2 is 1.58 bits per heavy atom. The Hall–Kier alpha value is -0.390. The number of nitrogens with one attached hydrogen (secondary N) is 1. The minimum absolute atomic E-state index is 0.266. The molecule has 0 aromatic heterocycles.